The van der Waals surface area contributed by atoms with Gasteiger partial charge in [-0.15, -0.1) is 11.3 Å². The number of para-hydroxylation sites is 2. The second-order valence-corrected chi connectivity index (χ2v) is 9.16. The molecule has 0 aliphatic carbocycles. The number of aromatic nitrogens is 3. The number of benzene rings is 2. The number of thiazole rings is 1. The predicted octanol–water partition coefficient (Wildman–Crippen LogP) is 3.84. The highest BCUT2D eigenvalue weighted by molar-refractivity contribution is 7.89. The Morgan fingerprint density at radius 3 is 2.73 bits per heavy atom. The van der Waals surface area contributed by atoms with E-state index in [1.807, 2.05) is 48.1 Å². The minimum Gasteiger partial charge on any atom is -0.492 e. The molecular formula is C20H21N5O3S2. The van der Waals surface area contributed by atoms with Crippen molar-refractivity contribution in [3.8, 4) is 11.6 Å². The van der Waals surface area contributed by atoms with Crippen LogP contribution in [0.25, 0.3) is 16.9 Å². The van der Waals surface area contributed by atoms with Crippen LogP contribution in [0.2, 0.25) is 0 Å². The number of rotatable bonds is 7. The largest absolute Gasteiger partial charge is 0.492 e. The third-order valence-corrected chi connectivity index (χ3v) is 6.68. The number of aryl methyl sites for hydroxylation is 1. The highest BCUT2D eigenvalue weighted by atomic mass is 32.2. The normalized spacial score (nSPS) is 11.7. The van der Waals surface area contributed by atoms with Gasteiger partial charge in [0.2, 0.25) is 10.0 Å². The van der Waals surface area contributed by atoms with Crippen molar-refractivity contribution in [1.29, 1.82) is 0 Å². The van der Waals surface area contributed by atoms with E-state index in [0.717, 1.165) is 22.7 Å². The number of imidazole rings is 1. The zero-order chi connectivity index (χ0) is 21.3. The molecule has 0 bridgehead atoms. The molecule has 2 N–H and O–H groups in total. The van der Waals surface area contributed by atoms with Crippen LogP contribution in [0.5, 0.6) is 5.75 Å². The van der Waals surface area contributed by atoms with Crippen LogP contribution in [0.15, 0.2) is 52.7 Å². The minimum absolute atomic E-state index is 0.143. The molecule has 4 rings (SSSR count). The molecule has 2 aromatic heterocycles. The Labute approximate surface area is 178 Å². The van der Waals surface area contributed by atoms with Crippen LogP contribution in [0, 0.1) is 6.92 Å². The summed E-state index contributed by atoms with van der Waals surface area (Å²) in [5.74, 6) is 2.13. The van der Waals surface area contributed by atoms with Gasteiger partial charge in [-0.3, -0.25) is 4.57 Å². The van der Waals surface area contributed by atoms with Crippen LogP contribution in [0.4, 0.5) is 10.8 Å². The van der Waals surface area contributed by atoms with E-state index in [4.69, 9.17) is 4.74 Å². The third kappa shape index (κ3) is 3.76. The molecule has 0 saturated carbocycles. The van der Waals surface area contributed by atoms with Crippen LogP contribution in [-0.4, -0.2) is 36.6 Å². The van der Waals surface area contributed by atoms with Crippen LogP contribution < -0.4 is 14.8 Å². The van der Waals surface area contributed by atoms with Gasteiger partial charge in [0.05, 0.1) is 28.2 Å². The summed E-state index contributed by atoms with van der Waals surface area (Å²) in [6.45, 7) is 4.26. The van der Waals surface area contributed by atoms with Crippen molar-refractivity contribution in [3.63, 3.8) is 0 Å². The molecule has 0 saturated heterocycles. The molecule has 2 aromatic carbocycles. The molecule has 8 nitrogen and oxygen atoms in total. The van der Waals surface area contributed by atoms with Crippen LogP contribution >= 0.6 is 11.3 Å². The fourth-order valence-electron chi connectivity index (χ4n) is 3.15. The van der Waals surface area contributed by atoms with Gasteiger partial charge in [-0.05, 0) is 51.2 Å². The van der Waals surface area contributed by atoms with Gasteiger partial charge in [0, 0.05) is 5.38 Å². The molecule has 0 amide bonds. The molecule has 0 unspecified atom stereocenters. The lowest BCUT2D eigenvalue weighted by Gasteiger charge is -2.12. The van der Waals surface area contributed by atoms with E-state index < -0.39 is 10.0 Å². The number of fused-ring (bicyclic) bond motifs is 1. The van der Waals surface area contributed by atoms with Gasteiger partial charge in [-0.2, -0.15) is 0 Å². The molecule has 0 aliphatic heterocycles. The summed E-state index contributed by atoms with van der Waals surface area (Å²) in [7, 11) is -2.20. The lowest BCUT2D eigenvalue weighted by molar-refractivity contribution is 0.341. The zero-order valence-corrected chi connectivity index (χ0v) is 18.3. The number of hydrogen-bond donors (Lipinski definition) is 2. The van der Waals surface area contributed by atoms with E-state index >= 15 is 0 Å². The topological polar surface area (TPSA) is 98.1 Å². The molecule has 0 spiro atoms. The third-order valence-electron chi connectivity index (χ3n) is 4.52. The molecule has 0 atom stereocenters. The second kappa shape index (κ2) is 8.05. The monoisotopic (exact) mass is 443 g/mol. The van der Waals surface area contributed by atoms with E-state index in [0.29, 0.717) is 23.2 Å². The minimum atomic E-state index is -3.58. The number of sulfonamides is 1. The Morgan fingerprint density at radius 1 is 1.17 bits per heavy atom. The maximum Gasteiger partial charge on any atom is 0.240 e. The molecule has 0 aliphatic rings. The number of nitrogens with one attached hydrogen (secondary N) is 2. The van der Waals surface area contributed by atoms with Crippen molar-refractivity contribution in [1.82, 2.24) is 19.3 Å². The van der Waals surface area contributed by atoms with Crippen molar-refractivity contribution in [2.24, 2.45) is 0 Å². The van der Waals surface area contributed by atoms with Gasteiger partial charge in [0.15, 0.2) is 10.9 Å². The van der Waals surface area contributed by atoms with Crippen molar-refractivity contribution in [2.45, 2.75) is 18.7 Å². The van der Waals surface area contributed by atoms with Crippen molar-refractivity contribution in [2.75, 3.05) is 19.0 Å². The first-order chi connectivity index (χ1) is 14.4. The molecule has 30 heavy (non-hydrogen) atoms. The first-order valence-electron chi connectivity index (χ1n) is 9.30. The molecule has 4 aromatic rings. The molecule has 10 heteroatoms. The summed E-state index contributed by atoms with van der Waals surface area (Å²) >= 11 is 1.41. The average Bonchev–Trinajstić information content (AvgIpc) is 3.32. The summed E-state index contributed by atoms with van der Waals surface area (Å²) in [6, 6.07) is 12.6. The van der Waals surface area contributed by atoms with Gasteiger partial charge in [0.25, 0.3) is 0 Å². The van der Waals surface area contributed by atoms with E-state index in [1.165, 1.54) is 30.5 Å². The van der Waals surface area contributed by atoms with Crippen molar-refractivity contribution in [3.05, 3.63) is 53.7 Å². The number of hydrogen-bond acceptors (Lipinski definition) is 7. The summed E-state index contributed by atoms with van der Waals surface area (Å²) < 4.78 is 34.4. The molecular weight excluding hydrogens is 422 g/mol. The highest BCUT2D eigenvalue weighted by Crippen LogP contribution is 2.33. The Bertz CT molecular complexity index is 1310. The van der Waals surface area contributed by atoms with E-state index in [1.54, 1.807) is 6.07 Å². The Balaban J connectivity index is 1.71. The van der Waals surface area contributed by atoms with E-state index in [2.05, 4.69) is 20.0 Å². The first kappa shape index (κ1) is 20.3. The first-order valence-corrected chi connectivity index (χ1v) is 11.7. The van der Waals surface area contributed by atoms with Crippen molar-refractivity contribution < 1.29 is 13.2 Å². The fourth-order valence-corrected chi connectivity index (χ4v) is 4.60. The smallest absolute Gasteiger partial charge is 0.240 e. The quantitative estimate of drug-likeness (QED) is 0.450. The SMILES string of the molecule is CCOc1ccc(S(=O)(=O)NC)cc1Nc1nc(-n2c(C)nc3ccccc32)cs1. The van der Waals surface area contributed by atoms with Crippen LogP contribution in [0.3, 0.4) is 0 Å². The Kier molecular flexibility index (Phi) is 5.46. The lowest BCUT2D eigenvalue weighted by atomic mass is 10.3. The highest BCUT2D eigenvalue weighted by Gasteiger charge is 2.17. The summed E-state index contributed by atoms with van der Waals surface area (Å²) in [5.41, 5.74) is 2.41. The maximum absolute atomic E-state index is 12.2. The number of ether oxygens (including phenoxy) is 1. The zero-order valence-electron chi connectivity index (χ0n) is 16.7. The van der Waals surface area contributed by atoms with Gasteiger partial charge >= 0.3 is 0 Å². The standard InChI is InChI=1S/C20H21N5O3S2/c1-4-28-18-10-9-14(30(26,27)21-3)11-16(18)23-20-24-19(12-29-20)25-13(2)22-15-7-5-6-8-17(15)25/h5-12,21H,4H2,1-3H3,(H,23,24). The average molecular weight is 444 g/mol. The molecule has 0 radical (unpaired) electrons. The second-order valence-electron chi connectivity index (χ2n) is 6.42. The summed E-state index contributed by atoms with van der Waals surface area (Å²) in [6.07, 6.45) is 0. The van der Waals surface area contributed by atoms with Crippen LogP contribution in [-0.2, 0) is 10.0 Å². The van der Waals surface area contributed by atoms with E-state index in [-0.39, 0.29) is 4.90 Å². The maximum atomic E-state index is 12.2. The molecule has 2 heterocycles. The Hall–Kier alpha value is -2.95. The lowest BCUT2D eigenvalue weighted by Crippen LogP contribution is -2.18. The van der Waals surface area contributed by atoms with Crippen molar-refractivity contribution >= 4 is 43.2 Å². The van der Waals surface area contributed by atoms with Gasteiger partial charge in [-0.1, -0.05) is 12.1 Å². The van der Waals surface area contributed by atoms with Gasteiger partial charge < -0.3 is 10.1 Å². The summed E-state index contributed by atoms with van der Waals surface area (Å²) in [4.78, 5) is 9.41. The fraction of sp³-hybridized carbons (Fsp3) is 0.200. The number of nitrogens with zero attached hydrogens (tertiary/aromatic N) is 3. The van der Waals surface area contributed by atoms with Gasteiger partial charge in [0.1, 0.15) is 11.6 Å². The molecule has 156 valence electrons. The van der Waals surface area contributed by atoms with Crippen LogP contribution in [0.1, 0.15) is 12.7 Å². The van der Waals surface area contributed by atoms with Gasteiger partial charge in [-0.25, -0.2) is 23.1 Å². The number of anilines is 2. The Morgan fingerprint density at radius 2 is 1.97 bits per heavy atom. The predicted molar refractivity (Wildman–Crippen MR) is 119 cm³/mol. The molecule has 0 fully saturated rings. The van der Waals surface area contributed by atoms with E-state index in [9.17, 15) is 8.42 Å². The summed E-state index contributed by atoms with van der Waals surface area (Å²) in [5, 5.41) is 5.74.